The molecular formula is C24H28OSi. The average Bonchev–Trinajstić information content (AvgIpc) is 2.62. The molecule has 1 unspecified atom stereocenters. The van der Waals surface area contributed by atoms with Crippen LogP contribution in [0.25, 0.3) is 0 Å². The van der Waals surface area contributed by atoms with Crippen molar-refractivity contribution in [2.24, 2.45) is 0 Å². The van der Waals surface area contributed by atoms with Gasteiger partial charge in [-0.3, -0.25) is 0 Å². The van der Waals surface area contributed by atoms with E-state index in [1.54, 1.807) is 0 Å². The summed E-state index contributed by atoms with van der Waals surface area (Å²) in [5.74, 6) is 0.413. The molecule has 26 heavy (non-hydrogen) atoms. The van der Waals surface area contributed by atoms with Crippen LogP contribution in [-0.2, 0) is 0 Å². The van der Waals surface area contributed by atoms with E-state index in [4.69, 9.17) is 0 Å². The second-order valence-corrected chi connectivity index (χ2v) is 12.5. The Morgan fingerprint density at radius 3 is 1.85 bits per heavy atom. The molecule has 0 aliphatic rings. The zero-order chi connectivity index (χ0) is 18.9. The number of hydrogen-bond acceptors (Lipinski definition) is 1. The van der Waals surface area contributed by atoms with Gasteiger partial charge < -0.3 is 5.11 Å². The van der Waals surface area contributed by atoms with Gasteiger partial charge in [-0.15, -0.1) is 0 Å². The molecule has 0 radical (unpaired) electrons. The van der Waals surface area contributed by atoms with E-state index in [1.807, 2.05) is 13.8 Å². The van der Waals surface area contributed by atoms with E-state index in [0.29, 0.717) is 11.3 Å². The summed E-state index contributed by atoms with van der Waals surface area (Å²) >= 11 is 0. The third-order valence-corrected chi connectivity index (χ3v) is 9.49. The monoisotopic (exact) mass is 360 g/mol. The Balaban J connectivity index is 2.26. The van der Waals surface area contributed by atoms with Crippen molar-refractivity contribution in [3.63, 3.8) is 0 Å². The largest absolute Gasteiger partial charge is 0.507 e. The lowest BCUT2D eigenvalue weighted by atomic mass is 9.96. The van der Waals surface area contributed by atoms with Gasteiger partial charge in [0.15, 0.2) is 0 Å². The van der Waals surface area contributed by atoms with Gasteiger partial charge in [-0.05, 0) is 48.6 Å². The lowest BCUT2D eigenvalue weighted by Gasteiger charge is -2.35. The minimum absolute atomic E-state index is 0.337. The summed E-state index contributed by atoms with van der Waals surface area (Å²) < 4.78 is 0. The second-order valence-electron chi connectivity index (χ2n) is 7.88. The molecule has 0 aliphatic heterocycles. The molecule has 0 aromatic heterocycles. The van der Waals surface area contributed by atoms with Gasteiger partial charge in [0.25, 0.3) is 0 Å². The summed E-state index contributed by atoms with van der Waals surface area (Å²) in [5.41, 5.74) is 6.29. The summed E-state index contributed by atoms with van der Waals surface area (Å²) in [4.78, 5) is 0. The number of phenolic OH excluding ortho intramolecular Hbond substituents is 1. The first-order chi connectivity index (χ1) is 12.3. The highest BCUT2D eigenvalue weighted by Crippen LogP contribution is 2.38. The number of benzene rings is 3. The first-order valence-electron chi connectivity index (χ1n) is 9.23. The molecule has 0 saturated carbocycles. The Hall–Kier alpha value is -2.32. The molecule has 1 nitrogen and oxygen atoms in total. The van der Waals surface area contributed by atoms with Crippen LogP contribution in [0.2, 0.25) is 13.1 Å². The van der Waals surface area contributed by atoms with Gasteiger partial charge in [0.1, 0.15) is 5.75 Å². The highest BCUT2D eigenvalue weighted by atomic mass is 28.3. The fourth-order valence-electron chi connectivity index (χ4n) is 4.09. The van der Waals surface area contributed by atoms with Crippen molar-refractivity contribution in [2.75, 3.05) is 0 Å². The predicted molar refractivity (Wildman–Crippen MR) is 114 cm³/mol. The zero-order valence-corrected chi connectivity index (χ0v) is 17.4. The smallest absolute Gasteiger partial charge is 0.121 e. The minimum atomic E-state index is -1.87. The van der Waals surface area contributed by atoms with E-state index in [2.05, 4.69) is 86.7 Å². The molecule has 3 aromatic rings. The van der Waals surface area contributed by atoms with E-state index in [0.717, 1.165) is 11.1 Å². The van der Waals surface area contributed by atoms with Crippen molar-refractivity contribution in [3.8, 4) is 5.75 Å². The fourth-order valence-corrected chi connectivity index (χ4v) is 7.57. The van der Waals surface area contributed by atoms with E-state index < -0.39 is 8.07 Å². The maximum atomic E-state index is 10.3. The molecule has 0 fully saturated rings. The van der Waals surface area contributed by atoms with Crippen LogP contribution in [0.3, 0.4) is 0 Å². The maximum Gasteiger partial charge on any atom is 0.121 e. The predicted octanol–water partition coefficient (Wildman–Crippen LogP) is 5.60. The van der Waals surface area contributed by atoms with Gasteiger partial charge in [0, 0.05) is 5.54 Å². The maximum absolute atomic E-state index is 10.3. The summed E-state index contributed by atoms with van der Waals surface area (Å²) in [6.45, 7) is 11.1. The topological polar surface area (TPSA) is 20.2 Å². The first kappa shape index (κ1) is 18.5. The third-order valence-electron chi connectivity index (χ3n) is 5.59. The van der Waals surface area contributed by atoms with Gasteiger partial charge in [0.05, 0.1) is 8.07 Å². The van der Waals surface area contributed by atoms with Crippen molar-refractivity contribution < 1.29 is 5.11 Å². The van der Waals surface area contributed by atoms with E-state index in [9.17, 15) is 5.11 Å². The Kier molecular flexibility index (Phi) is 5.06. The van der Waals surface area contributed by atoms with E-state index >= 15 is 0 Å². The number of rotatable bonds is 4. The van der Waals surface area contributed by atoms with Gasteiger partial charge in [-0.1, -0.05) is 85.0 Å². The van der Waals surface area contributed by atoms with Crippen LogP contribution in [0.1, 0.15) is 33.4 Å². The normalized spacial score (nSPS) is 12.8. The van der Waals surface area contributed by atoms with E-state index in [1.165, 1.54) is 21.9 Å². The van der Waals surface area contributed by atoms with Crippen LogP contribution in [0.15, 0.2) is 66.7 Å². The van der Waals surface area contributed by atoms with Crippen molar-refractivity contribution >= 4 is 13.3 Å². The summed E-state index contributed by atoms with van der Waals surface area (Å²) in [6, 6.07) is 24.0. The van der Waals surface area contributed by atoms with Crippen LogP contribution in [0.4, 0.5) is 0 Å². The molecule has 0 heterocycles. The molecule has 0 aliphatic carbocycles. The van der Waals surface area contributed by atoms with Crippen molar-refractivity contribution in [3.05, 3.63) is 94.5 Å². The molecule has 0 bridgehead atoms. The number of aryl methyl sites for hydroxylation is 3. The third kappa shape index (κ3) is 3.34. The van der Waals surface area contributed by atoms with Gasteiger partial charge in [-0.25, -0.2) is 0 Å². The molecule has 134 valence electrons. The standard InChI is InChI=1S/C24H28OSi/c1-17-11-9-10-14-22(17)24(20-15-18(2)23(25)19(3)16-20)26(4,5)21-12-7-6-8-13-21/h6-16,24-25H,1-5H3. The first-order valence-corrected chi connectivity index (χ1v) is 12.3. The van der Waals surface area contributed by atoms with Crippen molar-refractivity contribution in [2.45, 2.75) is 39.4 Å². The average molecular weight is 361 g/mol. The molecule has 2 heteroatoms. The Morgan fingerprint density at radius 2 is 1.27 bits per heavy atom. The Labute approximate surface area is 158 Å². The SMILES string of the molecule is Cc1ccccc1C(c1cc(C)c(O)c(C)c1)[Si](C)(C)c1ccccc1. The molecule has 1 atom stereocenters. The Morgan fingerprint density at radius 1 is 0.731 bits per heavy atom. The fraction of sp³-hybridized carbons (Fsp3) is 0.250. The van der Waals surface area contributed by atoms with Crippen LogP contribution in [-0.4, -0.2) is 13.2 Å². The summed E-state index contributed by atoms with van der Waals surface area (Å²) in [5, 5.41) is 11.7. The minimum Gasteiger partial charge on any atom is -0.507 e. The molecule has 0 saturated heterocycles. The molecular weight excluding hydrogens is 332 g/mol. The summed E-state index contributed by atoms with van der Waals surface area (Å²) in [7, 11) is -1.87. The number of phenols is 1. The second kappa shape index (κ2) is 7.12. The highest BCUT2D eigenvalue weighted by molar-refractivity contribution is 6.91. The van der Waals surface area contributed by atoms with Crippen LogP contribution in [0, 0.1) is 20.8 Å². The highest BCUT2D eigenvalue weighted by Gasteiger charge is 2.37. The van der Waals surface area contributed by atoms with Gasteiger partial charge >= 0.3 is 0 Å². The molecule has 0 amide bonds. The van der Waals surface area contributed by atoms with Crippen LogP contribution >= 0.6 is 0 Å². The molecule has 3 aromatic carbocycles. The number of aromatic hydroxyl groups is 1. The van der Waals surface area contributed by atoms with Crippen molar-refractivity contribution in [1.29, 1.82) is 0 Å². The van der Waals surface area contributed by atoms with Crippen molar-refractivity contribution in [1.82, 2.24) is 0 Å². The van der Waals surface area contributed by atoms with Gasteiger partial charge in [0.2, 0.25) is 0 Å². The summed E-state index contributed by atoms with van der Waals surface area (Å²) in [6.07, 6.45) is 0. The molecule has 0 spiro atoms. The quantitative estimate of drug-likeness (QED) is 0.600. The number of hydrogen-bond donors (Lipinski definition) is 1. The van der Waals surface area contributed by atoms with Crippen LogP contribution in [0.5, 0.6) is 5.75 Å². The van der Waals surface area contributed by atoms with E-state index in [-0.39, 0.29) is 0 Å². The van der Waals surface area contributed by atoms with Crippen LogP contribution < -0.4 is 5.19 Å². The lowest BCUT2D eigenvalue weighted by molar-refractivity contribution is 0.466. The molecule has 1 N–H and O–H groups in total. The lowest BCUT2D eigenvalue weighted by Crippen LogP contribution is -2.48. The Bertz CT molecular complexity index is 889. The van der Waals surface area contributed by atoms with Gasteiger partial charge in [-0.2, -0.15) is 0 Å². The zero-order valence-electron chi connectivity index (χ0n) is 16.4. The molecule has 3 rings (SSSR count).